The maximum atomic E-state index is 8.65. The van der Waals surface area contributed by atoms with Gasteiger partial charge in [0.05, 0.1) is 0 Å². The molecule has 1 aliphatic carbocycles. The molecule has 5 nitrogen and oxygen atoms in total. The molecule has 2 heterocycles. The van der Waals surface area contributed by atoms with E-state index in [2.05, 4.69) is 15.1 Å². The number of nitrogens with zero attached hydrogens (tertiary/aromatic N) is 3. The number of H-pyrrole nitrogens is 1. The van der Waals surface area contributed by atoms with Gasteiger partial charge in [0.25, 0.3) is 5.89 Å². The number of aromatic nitrogens is 3. The van der Waals surface area contributed by atoms with Crippen LogP contribution in [-0.2, 0) is 0 Å². The Hall–Kier alpha value is -2.09. The highest BCUT2D eigenvalue weighted by Crippen LogP contribution is 2.38. The SMILES string of the molecule is N#Cc1ccc(-c2nc(C3CC3)no2)[nH]1. The Labute approximate surface area is 85.7 Å². The minimum absolute atomic E-state index is 0.457. The van der Waals surface area contributed by atoms with Crippen LogP contribution < -0.4 is 0 Å². The van der Waals surface area contributed by atoms with Gasteiger partial charge in [0.15, 0.2) is 5.82 Å². The van der Waals surface area contributed by atoms with Crippen LogP contribution in [0.1, 0.15) is 30.3 Å². The maximum absolute atomic E-state index is 8.65. The van der Waals surface area contributed by atoms with Gasteiger partial charge in [0.1, 0.15) is 17.5 Å². The van der Waals surface area contributed by atoms with Gasteiger partial charge in [0, 0.05) is 5.92 Å². The predicted octanol–water partition coefficient (Wildman–Crippen LogP) is 1.81. The van der Waals surface area contributed by atoms with Gasteiger partial charge in [0.2, 0.25) is 0 Å². The van der Waals surface area contributed by atoms with Crippen LogP contribution in [0.2, 0.25) is 0 Å². The van der Waals surface area contributed by atoms with Crippen LogP contribution in [-0.4, -0.2) is 15.1 Å². The highest BCUT2D eigenvalue weighted by molar-refractivity contribution is 5.49. The average Bonchev–Trinajstić information content (AvgIpc) is 2.84. The standard InChI is InChI=1S/C10H8N4O/c11-5-7-3-4-8(12-7)10-13-9(14-15-10)6-1-2-6/h3-4,6,12H,1-2H2. The third kappa shape index (κ3) is 1.40. The molecule has 0 radical (unpaired) electrons. The third-order valence-electron chi connectivity index (χ3n) is 2.42. The minimum atomic E-state index is 0.457. The van der Waals surface area contributed by atoms with Crippen molar-refractivity contribution < 1.29 is 4.52 Å². The van der Waals surface area contributed by atoms with Gasteiger partial charge >= 0.3 is 0 Å². The summed E-state index contributed by atoms with van der Waals surface area (Å²) in [6, 6.07) is 5.47. The monoisotopic (exact) mass is 200 g/mol. The first-order chi connectivity index (χ1) is 7.36. The number of aromatic amines is 1. The molecule has 1 aliphatic rings. The van der Waals surface area contributed by atoms with Crippen molar-refractivity contribution in [3.8, 4) is 17.7 Å². The fourth-order valence-corrected chi connectivity index (χ4v) is 1.44. The molecular weight excluding hydrogens is 192 g/mol. The van der Waals surface area contributed by atoms with E-state index in [0.717, 1.165) is 18.7 Å². The molecule has 0 atom stereocenters. The van der Waals surface area contributed by atoms with Gasteiger partial charge in [-0.3, -0.25) is 0 Å². The molecule has 0 unspecified atom stereocenters. The van der Waals surface area contributed by atoms with Crippen LogP contribution in [0.25, 0.3) is 11.6 Å². The van der Waals surface area contributed by atoms with Crippen molar-refractivity contribution in [1.29, 1.82) is 5.26 Å². The molecule has 2 aromatic heterocycles. The topological polar surface area (TPSA) is 78.5 Å². The van der Waals surface area contributed by atoms with Gasteiger partial charge in [-0.1, -0.05) is 5.16 Å². The molecule has 1 N–H and O–H groups in total. The van der Waals surface area contributed by atoms with Crippen molar-refractivity contribution in [3.63, 3.8) is 0 Å². The molecule has 0 bridgehead atoms. The normalized spacial score (nSPS) is 15.1. The Morgan fingerprint density at radius 3 is 3.00 bits per heavy atom. The van der Waals surface area contributed by atoms with E-state index in [9.17, 15) is 0 Å². The lowest BCUT2D eigenvalue weighted by molar-refractivity contribution is 0.421. The summed E-state index contributed by atoms with van der Waals surface area (Å²) in [5, 5.41) is 12.6. The molecule has 3 rings (SSSR count). The van der Waals surface area contributed by atoms with E-state index in [1.165, 1.54) is 0 Å². The van der Waals surface area contributed by atoms with E-state index < -0.39 is 0 Å². The zero-order valence-electron chi connectivity index (χ0n) is 7.90. The molecular formula is C10H8N4O. The molecule has 0 aliphatic heterocycles. The molecule has 2 aromatic rings. The molecule has 5 heteroatoms. The molecule has 74 valence electrons. The van der Waals surface area contributed by atoms with Crippen molar-refractivity contribution in [3.05, 3.63) is 23.7 Å². The number of hydrogen-bond donors (Lipinski definition) is 1. The third-order valence-corrected chi connectivity index (χ3v) is 2.42. The molecule has 1 saturated carbocycles. The Balaban J connectivity index is 1.94. The smallest absolute Gasteiger partial charge is 0.274 e. The van der Waals surface area contributed by atoms with Gasteiger partial charge in [-0.05, 0) is 25.0 Å². The second-order valence-corrected chi connectivity index (χ2v) is 3.63. The summed E-state index contributed by atoms with van der Waals surface area (Å²) in [7, 11) is 0. The van der Waals surface area contributed by atoms with Crippen LogP contribution in [0.15, 0.2) is 16.7 Å². The molecule has 0 amide bonds. The largest absolute Gasteiger partial charge is 0.342 e. The highest BCUT2D eigenvalue weighted by atomic mass is 16.5. The quantitative estimate of drug-likeness (QED) is 0.801. The number of nitriles is 1. The van der Waals surface area contributed by atoms with Crippen LogP contribution in [0.4, 0.5) is 0 Å². The number of hydrogen-bond acceptors (Lipinski definition) is 4. The average molecular weight is 200 g/mol. The number of rotatable bonds is 2. The van der Waals surface area contributed by atoms with Crippen LogP contribution in [0.5, 0.6) is 0 Å². The molecule has 15 heavy (non-hydrogen) atoms. The van der Waals surface area contributed by atoms with Crippen molar-refractivity contribution in [1.82, 2.24) is 15.1 Å². The fraction of sp³-hybridized carbons (Fsp3) is 0.300. The summed E-state index contributed by atoms with van der Waals surface area (Å²) in [6.45, 7) is 0. The maximum Gasteiger partial charge on any atom is 0.274 e. The Morgan fingerprint density at radius 1 is 1.47 bits per heavy atom. The molecule has 1 fully saturated rings. The van der Waals surface area contributed by atoms with Crippen molar-refractivity contribution >= 4 is 0 Å². The van der Waals surface area contributed by atoms with Crippen LogP contribution >= 0.6 is 0 Å². The number of nitrogens with one attached hydrogen (secondary N) is 1. The van der Waals surface area contributed by atoms with E-state index in [1.807, 2.05) is 6.07 Å². The predicted molar refractivity (Wildman–Crippen MR) is 50.8 cm³/mol. The Bertz CT molecular complexity index is 530. The highest BCUT2D eigenvalue weighted by Gasteiger charge is 2.29. The van der Waals surface area contributed by atoms with Gasteiger partial charge in [-0.15, -0.1) is 0 Å². The van der Waals surface area contributed by atoms with Crippen molar-refractivity contribution in [2.75, 3.05) is 0 Å². The first-order valence-electron chi connectivity index (χ1n) is 4.80. The van der Waals surface area contributed by atoms with Crippen LogP contribution in [0, 0.1) is 11.3 Å². The first-order valence-corrected chi connectivity index (χ1v) is 4.80. The molecule has 0 aromatic carbocycles. The van der Waals surface area contributed by atoms with E-state index in [4.69, 9.17) is 9.78 Å². The van der Waals surface area contributed by atoms with Gasteiger partial charge in [-0.25, -0.2) is 0 Å². The minimum Gasteiger partial charge on any atom is -0.342 e. The summed E-state index contributed by atoms with van der Waals surface area (Å²) >= 11 is 0. The molecule has 0 spiro atoms. The first kappa shape index (κ1) is 8.24. The van der Waals surface area contributed by atoms with E-state index >= 15 is 0 Å². The second kappa shape index (κ2) is 2.95. The Morgan fingerprint density at radius 2 is 2.33 bits per heavy atom. The van der Waals surface area contributed by atoms with E-state index in [0.29, 0.717) is 23.2 Å². The van der Waals surface area contributed by atoms with Gasteiger partial charge < -0.3 is 9.51 Å². The lowest BCUT2D eigenvalue weighted by Gasteiger charge is -1.85. The van der Waals surface area contributed by atoms with E-state index in [-0.39, 0.29) is 0 Å². The Kier molecular flexibility index (Phi) is 1.62. The zero-order valence-corrected chi connectivity index (χ0v) is 7.90. The summed E-state index contributed by atoms with van der Waals surface area (Å²) in [4.78, 5) is 7.17. The van der Waals surface area contributed by atoms with Crippen LogP contribution in [0.3, 0.4) is 0 Å². The fourth-order valence-electron chi connectivity index (χ4n) is 1.44. The van der Waals surface area contributed by atoms with E-state index in [1.54, 1.807) is 12.1 Å². The zero-order chi connectivity index (χ0) is 10.3. The lowest BCUT2D eigenvalue weighted by atomic mass is 10.4. The lowest BCUT2D eigenvalue weighted by Crippen LogP contribution is -1.82. The second-order valence-electron chi connectivity index (χ2n) is 3.63. The molecule has 0 saturated heterocycles. The summed E-state index contributed by atoms with van der Waals surface area (Å²) in [5.41, 5.74) is 1.20. The van der Waals surface area contributed by atoms with Crippen molar-refractivity contribution in [2.45, 2.75) is 18.8 Å². The van der Waals surface area contributed by atoms with Gasteiger partial charge in [-0.2, -0.15) is 10.2 Å². The summed E-state index contributed by atoms with van der Waals surface area (Å²) in [6.07, 6.45) is 2.29. The summed E-state index contributed by atoms with van der Waals surface area (Å²) in [5.74, 6) is 1.71. The van der Waals surface area contributed by atoms with Crippen molar-refractivity contribution in [2.24, 2.45) is 0 Å². The summed E-state index contributed by atoms with van der Waals surface area (Å²) < 4.78 is 5.11.